The molecule has 0 aliphatic rings. The Bertz CT molecular complexity index is 1050. The van der Waals surface area contributed by atoms with Crippen LogP contribution in [-0.2, 0) is 6.18 Å². The molecule has 2 atom stereocenters. The summed E-state index contributed by atoms with van der Waals surface area (Å²) in [6.45, 7) is 1.79. The summed E-state index contributed by atoms with van der Waals surface area (Å²) < 4.78 is 81.8. The molecule has 1 amide bonds. The molecule has 2 aromatic rings. The molecule has 0 aromatic heterocycles. The van der Waals surface area contributed by atoms with E-state index in [0.717, 1.165) is 30.3 Å². The molecule has 12 heteroatoms. The summed E-state index contributed by atoms with van der Waals surface area (Å²) in [5, 5.41) is 1.73. The maximum atomic E-state index is 13.7. The molecule has 0 aliphatic heterocycles. The van der Waals surface area contributed by atoms with Gasteiger partial charge in [0, 0.05) is 0 Å². The number of carbonyl (C=O) groups excluding carboxylic acids is 1. The van der Waals surface area contributed by atoms with Gasteiger partial charge in [-0.1, -0.05) is 66.4 Å². The molecule has 0 fully saturated rings. The van der Waals surface area contributed by atoms with Crippen LogP contribution in [0.15, 0.2) is 36.4 Å². The van der Waals surface area contributed by atoms with Crippen LogP contribution >= 0.6 is 34.8 Å². The predicted molar refractivity (Wildman–Crippen MR) is 121 cm³/mol. The first-order valence-corrected chi connectivity index (χ1v) is 11.0. The Labute approximate surface area is 206 Å². The average molecular weight is 548 g/mol. The van der Waals surface area contributed by atoms with Crippen molar-refractivity contribution in [2.24, 2.45) is 5.73 Å². The van der Waals surface area contributed by atoms with Crippen molar-refractivity contribution >= 4 is 46.8 Å². The van der Waals surface area contributed by atoms with E-state index < -0.39 is 41.5 Å². The van der Waals surface area contributed by atoms with Gasteiger partial charge in [0.05, 0.1) is 38.3 Å². The third-order valence-electron chi connectivity index (χ3n) is 4.71. The van der Waals surface area contributed by atoms with Gasteiger partial charge in [-0.05, 0) is 41.8 Å². The maximum absolute atomic E-state index is 13.7. The summed E-state index contributed by atoms with van der Waals surface area (Å²) in [4.78, 5) is 12.3. The van der Waals surface area contributed by atoms with Crippen molar-refractivity contribution < 1.29 is 31.1 Å². The maximum Gasteiger partial charge on any atom is 0.417 e. The zero-order valence-corrected chi connectivity index (χ0v) is 19.8. The van der Waals surface area contributed by atoms with Gasteiger partial charge in [-0.3, -0.25) is 4.79 Å². The van der Waals surface area contributed by atoms with E-state index in [1.807, 2.05) is 0 Å². The fourth-order valence-electron chi connectivity index (χ4n) is 3.10. The number of amides is 1. The number of hydrogen-bond acceptors (Lipinski definition) is 2. The quantitative estimate of drug-likeness (QED) is 0.211. The third-order valence-corrected chi connectivity index (χ3v) is 5.91. The summed E-state index contributed by atoms with van der Waals surface area (Å²) in [6, 6.07) is 4.53. The minimum atomic E-state index is -4.94. The van der Waals surface area contributed by atoms with Gasteiger partial charge in [0.25, 0.3) is 5.91 Å². The Hall–Kier alpha value is -1.94. The molecular weight excluding hydrogens is 529 g/mol. The van der Waals surface area contributed by atoms with Crippen molar-refractivity contribution in [3.8, 4) is 0 Å². The molecule has 0 saturated heterocycles. The molecule has 3 nitrogen and oxygen atoms in total. The number of alkyl halides is 6. The molecule has 0 aliphatic carbocycles. The van der Waals surface area contributed by atoms with Crippen molar-refractivity contribution in [2.75, 3.05) is 0 Å². The normalized spacial score (nSPS) is 14.3. The standard InChI is InChI=1S/C22H19Cl3F6N2O/c1-2-3-18(32)33-20(34)13-6-4-11(8-15(13)22(29,30)31)5-7-14(21(26,27)28)12-9-16(23)19(25)17(24)10-12/h4-10,14,18H,2-3,32H2,1H3,(H,33,34)/b7-5+/t14?,18-/m1/s1. The van der Waals surface area contributed by atoms with E-state index in [1.54, 1.807) is 6.92 Å². The monoisotopic (exact) mass is 546 g/mol. The predicted octanol–water partition coefficient (Wildman–Crippen LogP) is 7.84. The van der Waals surface area contributed by atoms with Crippen LogP contribution in [0.1, 0.15) is 52.7 Å². The van der Waals surface area contributed by atoms with Crippen LogP contribution in [0, 0.1) is 0 Å². The second-order valence-electron chi connectivity index (χ2n) is 7.35. The SMILES string of the molecule is CCC[C@H](N)NC(=O)c1ccc(/C=C/C(c2cc(Cl)c(Cl)c(Cl)c2)C(F)(F)F)cc1C(F)(F)F. The van der Waals surface area contributed by atoms with Crippen LogP contribution in [-0.4, -0.2) is 18.2 Å². The third kappa shape index (κ3) is 7.28. The Kier molecular flexibility index (Phi) is 9.32. The van der Waals surface area contributed by atoms with E-state index in [-0.39, 0.29) is 26.2 Å². The van der Waals surface area contributed by atoms with Crippen molar-refractivity contribution in [1.29, 1.82) is 0 Å². The first kappa shape index (κ1) is 28.3. The van der Waals surface area contributed by atoms with Crippen LogP contribution in [0.3, 0.4) is 0 Å². The van der Waals surface area contributed by atoms with E-state index in [1.165, 1.54) is 0 Å². The molecule has 2 aromatic carbocycles. The zero-order valence-electron chi connectivity index (χ0n) is 17.5. The molecule has 3 N–H and O–H groups in total. The first-order chi connectivity index (χ1) is 15.6. The topological polar surface area (TPSA) is 55.1 Å². The zero-order chi connectivity index (χ0) is 25.8. The second-order valence-corrected chi connectivity index (χ2v) is 8.54. The Morgan fingerprint density at radius 1 is 1.06 bits per heavy atom. The lowest BCUT2D eigenvalue weighted by atomic mass is 9.96. The van der Waals surface area contributed by atoms with E-state index >= 15 is 0 Å². The highest BCUT2D eigenvalue weighted by atomic mass is 35.5. The highest BCUT2D eigenvalue weighted by Gasteiger charge is 2.40. The van der Waals surface area contributed by atoms with Gasteiger partial charge < -0.3 is 11.1 Å². The number of allylic oxidation sites excluding steroid dienone is 1. The van der Waals surface area contributed by atoms with Crippen molar-refractivity contribution in [3.63, 3.8) is 0 Å². The largest absolute Gasteiger partial charge is 0.417 e. The fraction of sp³-hybridized carbons (Fsp3) is 0.318. The molecule has 1 unspecified atom stereocenters. The summed E-state index contributed by atoms with van der Waals surface area (Å²) in [7, 11) is 0. The van der Waals surface area contributed by atoms with Crippen molar-refractivity contribution in [2.45, 2.75) is 44.2 Å². The smallest absolute Gasteiger partial charge is 0.337 e. The van der Waals surface area contributed by atoms with E-state index in [0.29, 0.717) is 25.0 Å². The van der Waals surface area contributed by atoms with Crippen LogP contribution in [0.5, 0.6) is 0 Å². The molecule has 0 bridgehead atoms. The van der Waals surface area contributed by atoms with Gasteiger partial charge in [0.15, 0.2) is 0 Å². The van der Waals surface area contributed by atoms with Gasteiger partial charge in [0.1, 0.15) is 0 Å². The van der Waals surface area contributed by atoms with E-state index in [9.17, 15) is 31.1 Å². The van der Waals surface area contributed by atoms with Crippen LogP contribution in [0.25, 0.3) is 6.08 Å². The highest BCUT2D eigenvalue weighted by molar-refractivity contribution is 6.48. The molecular formula is C22H19Cl3F6N2O. The summed E-state index contributed by atoms with van der Waals surface area (Å²) >= 11 is 17.4. The number of rotatable bonds is 7. The Morgan fingerprint density at radius 3 is 2.15 bits per heavy atom. The number of carbonyl (C=O) groups is 1. The first-order valence-electron chi connectivity index (χ1n) is 9.82. The molecule has 0 saturated carbocycles. The number of nitrogens with one attached hydrogen (secondary N) is 1. The minimum Gasteiger partial charge on any atom is -0.337 e. The van der Waals surface area contributed by atoms with Crippen molar-refractivity contribution in [3.05, 3.63) is 73.7 Å². The lowest BCUT2D eigenvalue weighted by Gasteiger charge is -2.19. The summed E-state index contributed by atoms with van der Waals surface area (Å²) in [5.74, 6) is -3.27. The fourth-order valence-corrected chi connectivity index (χ4v) is 3.71. The number of benzene rings is 2. The van der Waals surface area contributed by atoms with Gasteiger partial charge in [-0.15, -0.1) is 0 Å². The highest BCUT2D eigenvalue weighted by Crippen LogP contribution is 2.41. The number of halogens is 9. The van der Waals surface area contributed by atoms with Gasteiger partial charge in [0.2, 0.25) is 0 Å². The van der Waals surface area contributed by atoms with Gasteiger partial charge in [-0.25, -0.2) is 0 Å². The molecule has 2 rings (SSSR count). The second kappa shape index (κ2) is 11.2. The van der Waals surface area contributed by atoms with Crippen LogP contribution < -0.4 is 11.1 Å². The van der Waals surface area contributed by atoms with Crippen LogP contribution in [0.2, 0.25) is 15.1 Å². The molecule has 0 heterocycles. The Morgan fingerprint density at radius 2 is 1.65 bits per heavy atom. The number of nitrogens with two attached hydrogens (primary N) is 1. The molecule has 186 valence electrons. The van der Waals surface area contributed by atoms with Crippen molar-refractivity contribution in [1.82, 2.24) is 5.32 Å². The summed E-state index contributed by atoms with van der Waals surface area (Å²) in [6.07, 6.45) is -8.10. The van der Waals surface area contributed by atoms with Gasteiger partial charge >= 0.3 is 12.4 Å². The minimum absolute atomic E-state index is 0.126. The number of hydrogen-bond donors (Lipinski definition) is 2. The molecule has 34 heavy (non-hydrogen) atoms. The van der Waals surface area contributed by atoms with E-state index in [4.69, 9.17) is 40.5 Å². The lowest BCUT2D eigenvalue weighted by Crippen LogP contribution is -2.41. The summed E-state index contributed by atoms with van der Waals surface area (Å²) in [5.41, 5.74) is 3.10. The van der Waals surface area contributed by atoms with Crippen LogP contribution in [0.4, 0.5) is 26.3 Å². The van der Waals surface area contributed by atoms with E-state index in [2.05, 4.69) is 5.32 Å². The molecule has 0 spiro atoms. The lowest BCUT2D eigenvalue weighted by molar-refractivity contribution is -0.139. The Balaban J connectivity index is 2.46. The molecule has 0 radical (unpaired) electrons. The average Bonchev–Trinajstić information content (AvgIpc) is 2.70. The van der Waals surface area contributed by atoms with Gasteiger partial charge in [-0.2, -0.15) is 26.3 Å².